The summed E-state index contributed by atoms with van der Waals surface area (Å²) in [5.74, 6) is -0.0991. The molecular formula is C20H19N3O2. The Hall–Kier alpha value is -2.95. The molecule has 1 N–H and O–H groups in total. The van der Waals surface area contributed by atoms with E-state index in [1.807, 2.05) is 24.3 Å². The fourth-order valence-corrected chi connectivity index (χ4v) is 3.36. The molecule has 5 nitrogen and oxygen atoms in total. The summed E-state index contributed by atoms with van der Waals surface area (Å²) in [5, 5.41) is 3.50. The standard InChI is InChI=1S/C20H19N3O2/c24-19(22-16-9-8-14-4-3-5-15(14)12-16)10-11-23-13-21-18-7-2-1-6-17(18)20(23)25/h1-2,6-9,12-13H,3-5,10-11H2,(H,22,24). The Morgan fingerprint density at radius 3 is 2.88 bits per heavy atom. The van der Waals surface area contributed by atoms with E-state index in [0.717, 1.165) is 18.5 Å². The molecule has 0 atom stereocenters. The van der Waals surface area contributed by atoms with Gasteiger partial charge in [-0.2, -0.15) is 0 Å². The highest BCUT2D eigenvalue weighted by Gasteiger charge is 2.12. The van der Waals surface area contributed by atoms with Gasteiger partial charge in [-0.1, -0.05) is 18.2 Å². The molecule has 1 aromatic heterocycles. The molecule has 126 valence electrons. The van der Waals surface area contributed by atoms with Gasteiger partial charge in [0.25, 0.3) is 5.56 Å². The van der Waals surface area contributed by atoms with Crippen LogP contribution in [0.4, 0.5) is 5.69 Å². The molecule has 1 heterocycles. The van der Waals surface area contributed by atoms with E-state index in [1.54, 1.807) is 6.07 Å². The van der Waals surface area contributed by atoms with Crippen LogP contribution in [0.15, 0.2) is 53.6 Å². The summed E-state index contributed by atoms with van der Waals surface area (Å²) in [4.78, 5) is 28.9. The number of hydrogen-bond donors (Lipinski definition) is 1. The predicted octanol–water partition coefficient (Wildman–Crippen LogP) is 2.91. The molecule has 0 saturated heterocycles. The van der Waals surface area contributed by atoms with Crippen molar-refractivity contribution in [2.75, 3.05) is 5.32 Å². The van der Waals surface area contributed by atoms with E-state index >= 15 is 0 Å². The lowest BCUT2D eigenvalue weighted by molar-refractivity contribution is -0.116. The van der Waals surface area contributed by atoms with Gasteiger partial charge >= 0.3 is 0 Å². The van der Waals surface area contributed by atoms with E-state index in [0.29, 0.717) is 17.4 Å². The SMILES string of the molecule is O=C(CCn1cnc2ccccc2c1=O)Nc1ccc2c(c1)CCC2. The van der Waals surface area contributed by atoms with Crippen molar-refractivity contribution in [3.05, 3.63) is 70.3 Å². The average Bonchev–Trinajstić information content (AvgIpc) is 3.09. The first-order valence-electron chi connectivity index (χ1n) is 8.56. The van der Waals surface area contributed by atoms with Crippen LogP contribution in [0.3, 0.4) is 0 Å². The number of carbonyl (C=O) groups is 1. The minimum atomic E-state index is -0.115. The normalized spacial score (nSPS) is 13.0. The summed E-state index contributed by atoms with van der Waals surface area (Å²) in [6, 6.07) is 13.3. The maximum atomic E-state index is 12.4. The number of nitrogens with one attached hydrogen (secondary N) is 1. The number of rotatable bonds is 4. The Balaban J connectivity index is 1.44. The van der Waals surface area contributed by atoms with Crippen molar-refractivity contribution in [1.82, 2.24) is 9.55 Å². The van der Waals surface area contributed by atoms with E-state index in [2.05, 4.69) is 22.4 Å². The second-order valence-corrected chi connectivity index (χ2v) is 6.40. The van der Waals surface area contributed by atoms with Gasteiger partial charge < -0.3 is 5.32 Å². The van der Waals surface area contributed by atoms with Crippen LogP contribution in [0.25, 0.3) is 10.9 Å². The van der Waals surface area contributed by atoms with Crippen LogP contribution in [-0.2, 0) is 24.2 Å². The maximum absolute atomic E-state index is 12.4. The molecule has 1 amide bonds. The summed E-state index contributed by atoms with van der Waals surface area (Å²) in [7, 11) is 0. The number of aromatic nitrogens is 2. The van der Waals surface area contributed by atoms with E-state index in [1.165, 1.54) is 28.4 Å². The van der Waals surface area contributed by atoms with Crippen molar-refractivity contribution in [1.29, 1.82) is 0 Å². The lowest BCUT2D eigenvalue weighted by Gasteiger charge is -2.09. The van der Waals surface area contributed by atoms with Crippen molar-refractivity contribution in [3.8, 4) is 0 Å². The molecule has 3 aromatic rings. The number of amides is 1. The zero-order valence-electron chi connectivity index (χ0n) is 13.9. The number of aryl methyl sites for hydroxylation is 3. The molecule has 5 heteroatoms. The summed E-state index contributed by atoms with van der Waals surface area (Å²) in [6.45, 7) is 0.313. The van der Waals surface area contributed by atoms with Crippen LogP contribution in [0.5, 0.6) is 0 Å². The Bertz CT molecular complexity index is 1010. The first kappa shape index (κ1) is 15.6. The number of hydrogen-bond acceptors (Lipinski definition) is 3. The van der Waals surface area contributed by atoms with Crippen LogP contribution in [0.2, 0.25) is 0 Å². The topological polar surface area (TPSA) is 64.0 Å². The minimum Gasteiger partial charge on any atom is -0.326 e. The van der Waals surface area contributed by atoms with E-state index in [4.69, 9.17) is 0 Å². The quantitative estimate of drug-likeness (QED) is 0.798. The van der Waals surface area contributed by atoms with E-state index in [9.17, 15) is 9.59 Å². The molecule has 0 fully saturated rings. The summed E-state index contributed by atoms with van der Waals surface area (Å²) >= 11 is 0. The van der Waals surface area contributed by atoms with Crippen LogP contribution in [0.1, 0.15) is 24.0 Å². The van der Waals surface area contributed by atoms with Crippen LogP contribution >= 0.6 is 0 Å². The number of carbonyl (C=O) groups excluding carboxylic acids is 1. The van der Waals surface area contributed by atoms with Crippen molar-refractivity contribution < 1.29 is 4.79 Å². The van der Waals surface area contributed by atoms with Crippen molar-refractivity contribution in [2.24, 2.45) is 0 Å². The maximum Gasteiger partial charge on any atom is 0.261 e. The van der Waals surface area contributed by atoms with Gasteiger partial charge in [0.1, 0.15) is 0 Å². The van der Waals surface area contributed by atoms with Gasteiger partial charge in [0.15, 0.2) is 0 Å². The number of benzene rings is 2. The molecule has 25 heavy (non-hydrogen) atoms. The highest BCUT2D eigenvalue weighted by atomic mass is 16.1. The van der Waals surface area contributed by atoms with Crippen LogP contribution in [0, 0.1) is 0 Å². The van der Waals surface area contributed by atoms with Gasteiger partial charge in [0.05, 0.1) is 17.2 Å². The van der Waals surface area contributed by atoms with Gasteiger partial charge in [0, 0.05) is 18.7 Å². The average molecular weight is 333 g/mol. The molecule has 0 spiro atoms. The summed E-state index contributed by atoms with van der Waals surface area (Å²) in [6.07, 6.45) is 5.13. The van der Waals surface area contributed by atoms with E-state index in [-0.39, 0.29) is 17.9 Å². The lowest BCUT2D eigenvalue weighted by atomic mass is 10.1. The fourth-order valence-electron chi connectivity index (χ4n) is 3.36. The summed E-state index contributed by atoms with van der Waals surface area (Å²) < 4.78 is 1.49. The van der Waals surface area contributed by atoms with Crippen molar-refractivity contribution in [2.45, 2.75) is 32.2 Å². The molecule has 0 aliphatic heterocycles. The molecule has 0 saturated carbocycles. The third-order valence-corrected chi connectivity index (χ3v) is 4.69. The first-order chi connectivity index (χ1) is 12.2. The Morgan fingerprint density at radius 2 is 1.96 bits per heavy atom. The predicted molar refractivity (Wildman–Crippen MR) is 97.7 cm³/mol. The van der Waals surface area contributed by atoms with Gasteiger partial charge in [-0.05, 0) is 54.7 Å². The summed E-state index contributed by atoms with van der Waals surface area (Å²) in [5.41, 5.74) is 4.09. The molecule has 0 unspecified atom stereocenters. The molecule has 4 rings (SSSR count). The monoisotopic (exact) mass is 333 g/mol. The van der Waals surface area contributed by atoms with Crippen LogP contribution < -0.4 is 10.9 Å². The Kier molecular flexibility index (Phi) is 4.06. The first-order valence-corrected chi connectivity index (χ1v) is 8.56. The molecule has 2 aromatic carbocycles. The number of anilines is 1. The van der Waals surface area contributed by atoms with Crippen molar-refractivity contribution >= 4 is 22.5 Å². The Morgan fingerprint density at radius 1 is 1.12 bits per heavy atom. The molecule has 0 bridgehead atoms. The zero-order valence-corrected chi connectivity index (χ0v) is 13.9. The second kappa shape index (κ2) is 6.51. The fraction of sp³-hybridized carbons (Fsp3) is 0.250. The largest absolute Gasteiger partial charge is 0.326 e. The van der Waals surface area contributed by atoms with E-state index < -0.39 is 0 Å². The smallest absolute Gasteiger partial charge is 0.261 e. The van der Waals surface area contributed by atoms with Crippen molar-refractivity contribution in [3.63, 3.8) is 0 Å². The molecule has 1 aliphatic rings. The molecule has 1 aliphatic carbocycles. The van der Waals surface area contributed by atoms with Gasteiger partial charge in [-0.25, -0.2) is 4.98 Å². The highest BCUT2D eigenvalue weighted by molar-refractivity contribution is 5.90. The molecular weight excluding hydrogens is 314 g/mol. The zero-order chi connectivity index (χ0) is 17.2. The Labute approximate surface area is 145 Å². The third kappa shape index (κ3) is 3.18. The van der Waals surface area contributed by atoms with Gasteiger partial charge in [0.2, 0.25) is 5.91 Å². The number of para-hydroxylation sites is 1. The second-order valence-electron chi connectivity index (χ2n) is 6.40. The van der Waals surface area contributed by atoms with Gasteiger partial charge in [-0.3, -0.25) is 14.2 Å². The minimum absolute atomic E-state index is 0.0991. The lowest BCUT2D eigenvalue weighted by Crippen LogP contribution is -2.23. The van der Waals surface area contributed by atoms with Gasteiger partial charge in [-0.15, -0.1) is 0 Å². The number of nitrogens with zero attached hydrogens (tertiary/aromatic N) is 2. The molecule has 0 radical (unpaired) electrons. The van der Waals surface area contributed by atoms with Crippen LogP contribution in [-0.4, -0.2) is 15.5 Å². The number of fused-ring (bicyclic) bond motifs is 2. The third-order valence-electron chi connectivity index (χ3n) is 4.69. The highest BCUT2D eigenvalue weighted by Crippen LogP contribution is 2.24.